The van der Waals surface area contributed by atoms with Gasteiger partial charge in [0.2, 0.25) is 11.1 Å². The van der Waals surface area contributed by atoms with Crippen molar-refractivity contribution in [3.63, 3.8) is 0 Å². The molecule has 1 amide bonds. The Morgan fingerprint density at radius 3 is 2.39 bits per heavy atom. The molecule has 8 heteroatoms. The first-order valence-electron chi connectivity index (χ1n) is 9.75. The minimum atomic E-state index is -0.119. The summed E-state index contributed by atoms with van der Waals surface area (Å²) >= 11 is 1.25. The van der Waals surface area contributed by atoms with Gasteiger partial charge in [-0.2, -0.15) is 4.68 Å². The van der Waals surface area contributed by atoms with E-state index in [0.717, 1.165) is 16.7 Å². The first-order chi connectivity index (χ1) is 15.1. The van der Waals surface area contributed by atoms with Crippen molar-refractivity contribution in [2.24, 2.45) is 0 Å². The van der Waals surface area contributed by atoms with Crippen molar-refractivity contribution in [2.45, 2.75) is 18.1 Å². The van der Waals surface area contributed by atoms with Crippen LogP contribution in [0.2, 0.25) is 0 Å². The van der Waals surface area contributed by atoms with Gasteiger partial charge in [0.15, 0.2) is 0 Å². The second-order valence-corrected chi connectivity index (χ2v) is 7.90. The van der Waals surface area contributed by atoms with Crippen molar-refractivity contribution in [1.29, 1.82) is 0 Å². The van der Waals surface area contributed by atoms with Gasteiger partial charge in [0.1, 0.15) is 5.75 Å². The average Bonchev–Trinajstić information content (AvgIpc) is 3.27. The molecule has 3 aromatic carbocycles. The molecule has 0 spiro atoms. The van der Waals surface area contributed by atoms with Gasteiger partial charge in [0, 0.05) is 0 Å². The van der Waals surface area contributed by atoms with Gasteiger partial charge in [-0.15, -0.1) is 5.10 Å². The molecule has 7 nitrogen and oxygen atoms in total. The van der Waals surface area contributed by atoms with Crippen LogP contribution in [0, 0.1) is 0 Å². The molecule has 0 fully saturated rings. The molecule has 2 N–H and O–H groups in total. The number of phenolic OH excluding ortho intramolecular Hbond substituents is 1. The van der Waals surface area contributed by atoms with E-state index in [-0.39, 0.29) is 23.5 Å². The summed E-state index contributed by atoms with van der Waals surface area (Å²) in [6.45, 7) is 1.96. The Morgan fingerprint density at radius 1 is 1.00 bits per heavy atom. The second-order valence-electron chi connectivity index (χ2n) is 6.96. The molecule has 0 saturated heterocycles. The molecule has 0 aliphatic rings. The smallest absolute Gasteiger partial charge is 0.230 e. The van der Waals surface area contributed by atoms with Crippen molar-refractivity contribution in [2.75, 3.05) is 5.75 Å². The molecule has 1 heterocycles. The number of carbonyl (C=O) groups is 1. The maximum absolute atomic E-state index is 12.5. The van der Waals surface area contributed by atoms with Gasteiger partial charge < -0.3 is 10.4 Å². The molecular formula is C23H21N5O2S. The van der Waals surface area contributed by atoms with Crippen LogP contribution in [-0.4, -0.2) is 37.0 Å². The van der Waals surface area contributed by atoms with E-state index in [1.54, 1.807) is 24.3 Å². The molecule has 4 rings (SSSR count). The van der Waals surface area contributed by atoms with Gasteiger partial charge in [-0.05, 0) is 58.3 Å². The maximum atomic E-state index is 12.5. The van der Waals surface area contributed by atoms with E-state index < -0.39 is 0 Å². The highest BCUT2D eigenvalue weighted by Crippen LogP contribution is 2.23. The van der Waals surface area contributed by atoms with Crippen LogP contribution in [0.4, 0.5) is 0 Å². The summed E-state index contributed by atoms with van der Waals surface area (Å²) in [5, 5.41) is 24.6. The Hall–Kier alpha value is -3.65. The van der Waals surface area contributed by atoms with Gasteiger partial charge in [0.05, 0.1) is 17.5 Å². The van der Waals surface area contributed by atoms with Crippen LogP contribution in [-0.2, 0) is 4.79 Å². The predicted octanol–water partition coefficient (Wildman–Crippen LogP) is 4.00. The number of tetrazole rings is 1. The third-order valence-corrected chi connectivity index (χ3v) is 5.68. The highest BCUT2D eigenvalue weighted by atomic mass is 32.2. The van der Waals surface area contributed by atoms with Crippen LogP contribution in [0.5, 0.6) is 5.75 Å². The van der Waals surface area contributed by atoms with Crippen LogP contribution in [0.25, 0.3) is 16.8 Å². The van der Waals surface area contributed by atoms with E-state index in [1.807, 2.05) is 37.3 Å². The quantitative estimate of drug-likeness (QED) is 0.430. The van der Waals surface area contributed by atoms with Crippen LogP contribution in [0.15, 0.2) is 84.0 Å². The Kier molecular flexibility index (Phi) is 6.28. The fourth-order valence-electron chi connectivity index (χ4n) is 3.12. The zero-order chi connectivity index (χ0) is 21.6. The van der Waals surface area contributed by atoms with Crippen molar-refractivity contribution in [3.8, 4) is 22.6 Å². The van der Waals surface area contributed by atoms with E-state index in [9.17, 15) is 9.90 Å². The third-order valence-electron chi connectivity index (χ3n) is 4.76. The lowest BCUT2D eigenvalue weighted by molar-refractivity contribution is -0.119. The van der Waals surface area contributed by atoms with Crippen molar-refractivity contribution < 1.29 is 9.90 Å². The molecule has 0 aliphatic heterocycles. The standard InChI is InChI=1S/C23H21N5O2S/c1-16(17-7-9-19(10-8-17)18-5-3-2-4-6-18)24-22(30)15-31-23-25-26-27-28(23)20-11-13-21(29)14-12-20/h2-14,16,29H,15H2,1H3,(H,24,30). The van der Waals surface area contributed by atoms with Crippen molar-refractivity contribution in [1.82, 2.24) is 25.5 Å². The predicted molar refractivity (Wildman–Crippen MR) is 120 cm³/mol. The summed E-state index contributed by atoms with van der Waals surface area (Å²) in [6, 6.07) is 24.8. The number of benzene rings is 3. The lowest BCUT2D eigenvalue weighted by Crippen LogP contribution is -2.28. The largest absolute Gasteiger partial charge is 0.508 e. The average molecular weight is 432 g/mol. The van der Waals surface area contributed by atoms with E-state index in [4.69, 9.17) is 0 Å². The summed E-state index contributed by atoms with van der Waals surface area (Å²) in [6.07, 6.45) is 0. The number of hydrogen-bond acceptors (Lipinski definition) is 6. The minimum Gasteiger partial charge on any atom is -0.508 e. The summed E-state index contributed by atoms with van der Waals surface area (Å²) in [5.74, 6) is 0.242. The molecule has 0 bridgehead atoms. The Labute approximate surface area is 184 Å². The number of amides is 1. The Balaban J connectivity index is 1.34. The lowest BCUT2D eigenvalue weighted by Gasteiger charge is -2.15. The molecule has 31 heavy (non-hydrogen) atoms. The number of phenols is 1. The summed E-state index contributed by atoms with van der Waals surface area (Å²) < 4.78 is 1.53. The van der Waals surface area contributed by atoms with Crippen LogP contribution >= 0.6 is 11.8 Å². The van der Waals surface area contributed by atoms with Gasteiger partial charge >= 0.3 is 0 Å². The van der Waals surface area contributed by atoms with E-state index in [1.165, 1.54) is 16.4 Å². The normalized spacial score (nSPS) is 11.8. The van der Waals surface area contributed by atoms with E-state index >= 15 is 0 Å². The summed E-state index contributed by atoms with van der Waals surface area (Å²) in [7, 11) is 0. The molecular weight excluding hydrogens is 410 g/mol. The number of hydrogen-bond donors (Lipinski definition) is 2. The van der Waals surface area contributed by atoms with Gasteiger partial charge in [-0.1, -0.05) is 66.4 Å². The maximum Gasteiger partial charge on any atom is 0.230 e. The SMILES string of the molecule is CC(NC(=O)CSc1nnnn1-c1ccc(O)cc1)c1ccc(-c2ccccc2)cc1. The molecule has 1 atom stereocenters. The fourth-order valence-corrected chi connectivity index (χ4v) is 3.82. The number of thioether (sulfide) groups is 1. The lowest BCUT2D eigenvalue weighted by atomic mass is 10.0. The van der Waals surface area contributed by atoms with Crippen LogP contribution < -0.4 is 5.32 Å². The first kappa shape index (κ1) is 20.6. The highest BCUT2D eigenvalue weighted by Gasteiger charge is 2.14. The number of aromatic nitrogens is 4. The zero-order valence-electron chi connectivity index (χ0n) is 16.8. The van der Waals surface area contributed by atoms with Crippen LogP contribution in [0.1, 0.15) is 18.5 Å². The van der Waals surface area contributed by atoms with E-state index in [0.29, 0.717) is 10.8 Å². The third kappa shape index (κ3) is 5.10. The Morgan fingerprint density at radius 2 is 1.68 bits per heavy atom. The first-order valence-corrected chi connectivity index (χ1v) is 10.7. The zero-order valence-corrected chi connectivity index (χ0v) is 17.7. The number of aromatic hydroxyl groups is 1. The second kappa shape index (κ2) is 9.44. The molecule has 4 aromatic rings. The summed E-state index contributed by atoms with van der Waals surface area (Å²) in [5.41, 5.74) is 4.04. The van der Waals surface area contributed by atoms with Gasteiger partial charge in [-0.25, -0.2) is 0 Å². The Bertz CT molecular complexity index is 1140. The number of rotatable bonds is 7. The monoisotopic (exact) mass is 431 g/mol. The molecule has 0 radical (unpaired) electrons. The molecule has 1 aromatic heterocycles. The van der Waals surface area contributed by atoms with Crippen LogP contribution in [0.3, 0.4) is 0 Å². The molecule has 1 unspecified atom stereocenters. The minimum absolute atomic E-state index is 0.107. The van der Waals surface area contributed by atoms with E-state index in [2.05, 4.69) is 45.1 Å². The molecule has 0 saturated carbocycles. The fraction of sp³-hybridized carbons (Fsp3) is 0.130. The van der Waals surface area contributed by atoms with Crippen molar-refractivity contribution >= 4 is 17.7 Å². The summed E-state index contributed by atoms with van der Waals surface area (Å²) in [4.78, 5) is 12.5. The number of nitrogens with zero attached hydrogens (tertiary/aromatic N) is 4. The van der Waals surface area contributed by atoms with Crippen molar-refractivity contribution in [3.05, 3.63) is 84.4 Å². The number of carbonyl (C=O) groups excluding carboxylic acids is 1. The topological polar surface area (TPSA) is 92.9 Å². The molecule has 0 aliphatic carbocycles. The highest BCUT2D eigenvalue weighted by molar-refractivity contribution is 7.99. The van der Waals surface area contributed by atoms with Gasteiger partial charge in [0.25, 0.3) is 0 Å². The number of nitrogens with one attached hydrogen (secondary N) is 1. The molecule has 156 valence electrons. The van der Waals surface area contributed by atoms with Gasteiger partial charge in [-0.3, -0.25) is 4.79 Å².